The van der Waals surface area contributed by atoms with E-state index in [1.807, 2.05) is 4.68 Å². The summed E-state index contributed by atoms with van der Waals surface area (Å²) < 4.78 is 1.97. The molecule has 0 radical (unpaired) electrons. The Hall–Kier alpha value is -1.01. The van der Waals surface area contributed by atoms with E-state index in [1.54, 1.807) is 6.33 Å². The Morgan fingerprint density at radius 1 is 1.56 bits per heavy atom. The maximum atomic E-state index is 5.56. The van der Waals surface area contributed by atoms with Crippen molar-refractivity contribution in [2.24, 2.45) is 5.73 Å². The molecule has 0 atom stereocenters. The molecule has 2 N–H and O–H groups in total. The van der Waals surface area contributed by atoms with E-state index in [-0.39, 0.29) is 0 Å². The first-order chi connectivity index (χ1) is 8.54. The van der Waals surface area contributed by atoms with Gasteiger partial charge in [0, 0.05) is 25.6 Å². The molecule has 0 saturated heterocycles. The summed E-state index contributed by atoms with van der Waals surface area (Å²) in [5.74, 6) is 1.01. The normalized spacial score (nSPS) is 11.4. The highest BCUT2D eigenvalue weighted by molar-refractivity contribution is 7.80. The summed E-state index contributed by atoms with van der Waals surface area (Å²) in [6.45, 7) is 9.04. The van der Waals surface area contributed by atoms with Crippen molar-refractivity contribution in [3.05, 3.63) is 12.2 Å². The van der Waals surface area contributed by atoms with Crippen LogP contribution in [-0.2, 0) is 13.1 Å². The average Bonchev–Trinajstić information content (AvgIpc) is 2.71. The molecule has 0 aliphatic carbocycles. The van der Waals surface area contributed by atoms with Crippen LogP contribution in [0.5, 0.6) is 0 Å². The predicted octanol–water partition coefficient (Wildman–Crippen LogP) is 1.57. The molecule has 0 spiro atoms. The minimum absolute atomic E-state index is 0.436. The first-order valence-corrected chi connectivity index (χ1v) is 6.84. The summed E-state index contributed by atoms with van der Waals surface area (Å²) in [5.41, 5.74) is 5.56. The maximum absolute atomic E-state index is 5.56. The third-order valence-corrected chi connectivity index (χ3v) is 3.06. The van der Waals surface area contributed by atoms with Gasteiger partial charge < -0.3 is 5.73 Å². The molecule has 1 heterocycles. The fraction of sp³-hybridized carbons (Fsp3) is 0.750. The number of nitrogens with two attached hydrogens (primary N) is 1. The molecule has 0 aliphatic rings. The lowest BCUT2D eigenvalue weighted by Crippen LogP contribution is -2.34. The van der Waals surface area contributed by atoms with E-state index in [0.717, 1.165) is 38.3 Å². The maximum Gasteiger partial charge on any atom is 0.141 e. The van der Waals surface area contributed by atoms with Gasteiger partial charge in [0.2, 0.25) is 0 Å². The Morgan fingerprint density at radius 3 is 2.83 bits per heavy atom. The quantitative estimate of drug-likeness (QED) is 0.726. The molecule has 0 aromatic carbocycles. The molecular formula is C12H23N5S. The highest BCUT2D eigenvalue weighted by atomic mass is 32.1. The average molecular weight is 269 g/mol. The molecule has 1 rings (SSSR count). The van der Waals surface area contributed by atoms with E-state index in [9.17, 15) is 0 Å². The fourth-order valence-corrected chi connectivity index (χ4v) is 1.86. The second kappa shape index (κ2) is 7.43. The van der Waals surface area contributed by atoms with Crippen molar-refractivity contribution >= 4 is 17.2 Å². The minimum atomic E-state index is 0.436. The van der Waals surface area contributed by atoms with Gasteiger partial charge in [0.15, 0.2) is 0 Å². The van der Waals surface area contributed by atoms with Crippen molar-refractivity contribution < 1.29 is 0 Å². The van der Waals surface area contributed by atoms with E-state index in [4.69, 9.17) is 18.0 Å². The van der Waals surface area contributed by atoms with E-state index in [1.165, 1.54) is 0 Å². The molecule has 102 valence electrons. The molecule has 0 fully saturated rings. The van der Waals surface area contributed by atoms with E-state index >= 15 is 0 Å². The van der Waals surface area contributed by atoms with Gasteiger partial charge in [-0.2, -0.15) is 5.10 Å². The van der Waals surface area contributed by atoms with Gasteiger partial charge in [-0.25, -0.2) is 9.67 Å². The van der Waals surface area contributed by atoms with Gasteiger partial charge in [0.05, 0.1) is 11.5 Å². The molecule has 5 nitrogen and oxygen atoms in total. The lowest BCUT2D eigenvalue weighted by Gasteiger charge is -2.25. The van der Waals surface area contributed by atoms with Crippen molar-refractivity contribution in [3.63, 3.8) is 0 Å². The molecule has 18 heavy (non-hydrogen) atoms. The molecule has 0 amide bonds. The molecule has 1 aromatic heterocycles. The third-order valence-electron chi connectivity index (χ3n) is 2.85. The summed E-state index contributed by atoms with van der Waals surface area (Å²) in [4.78, 5) is 7.21. The van der Waals surface area contributed by atoms with Gasteiger partial charge in [-0.15, -0.1) is 0 Å². The second-order valence-electron chi connectivity index (χ2n) is 4.68. The SMILES string of the molecule is CCCn1ncnc1CN(CCC(N)=S)C(C)C. The number of hydrogen-bond donors (Lipinski definition) is 1. The number of thiocarbonyl (C=S) groups is 1. The monoisotopic (exact) mass is 269 g/mol. The number of hydrogen-bond acceptors (Lipinski definition) is 4. The van der Waals surface area contributed by atoms with Crippen LogP contribution in [0.4, 0.5) is 0 Å². The van der Waals surface area contributed by atoms with Crippen molar-refractivity contribution in [2.45, 2.75) is 52.7 Å². The number of rotatable bonds is 8. The molecule has 6 heteroatoms. The minimum Gasteiger partial charge on any atom is -0.393 e. The van der Waals surface area contributed by atoms with Crippen molar-refractivity contribution in [1.82, 2.24) is 19.7 Å². The summed E-state index contributed by atoms with van der Waals surface area (Å²) >= 11 is 4.93. The zero-order valence-electron chi connectivity index (χ0n) is 11.5. The van der Waals surface area contributed by atoms with Gasteiger partial charge in [-0.05, 0) is 20.3 Å². The first-order valence-electron chi connectivity index (χ1n) is 6.43. The van der Waals surface area contributed by atoms with Gasteiger partial charge in [0.1, 0.15) is 12.2 Å². The third kappa shape index (κ3) is 4.70. The summed E-state index contributed by atoms with van der Waals surface area (Å²) in [7, 11) is 0. The topological polar surface area (TPSA) is 60.0 Å². The summed E-state index contributed by atoms with van der Waals surface area (Å²) in [6, 6.07) is 0.436. The van der Waals surface area contributed by atoms with Crippen LogP contribution in [0.25, 0.3) is 0 Å². The Morgan fingerprint density at radius 2 is 2.28 bits per heavy atom. The van der Waals surface area contributed by atoms with Gasteiger partial charge >= 0.3 is 0 Å². The zero-order valence-corrected chi connectivity index (χ0v) is 12.3. The highest BCUT2D eigenvalue weighted by Gasteiger charge is 2.14. The summed E-state index contributed by atoms with van der Waals surface area (Å²) in [5, 5.41) is 4.24. The lowest BCUT2D eigenvalue weighted by atomic mass is 10.2. The first kappa shape index (κ1) is 15.0. The van der Waals surface area contributed by atoms with Crippen molar-refractivity contribution in [1.29, 1.82) is 0 Å². The van der Waals surface area contributed by atoms with Crippen LogP contribution in [0.2, 0.25) is 0 Å². The van der Waals surface area contributed by atoms with Crippen LogP contribution in [0, 0.1) is 0 Å². The largest absolute Gasteiger partial charge is 0.393 e. The van der Waals surface area contributed by atoms with Gasteiger partial charge in [-0.3, -0.25) is 4.90 Å². The zero-order chi connectivity index (χ0) is 13.5. The van der Waals surface area contributed by atoms with Crippen molar-refractivity contribution in [2.75, 3.05) is 6.54 Å². The Bertz CT molecular complexity index is 374. The molecule has 0 bridgehead atoms. The van der Waals surface area contributed by atoms with Crippen LogP contribution in [0.1, 0.15) is 39.4 Å². The second-order valence-corrected chi connectivity index (χ2v) is 5.20. The molecular weight excluding hydrogens is 246 g/mol. The van der Waals surface area contributed by atoms with Crippen LogP contribution < -0.4 is 5.73 Å². The lowest BCUT2D eigenvalue weighted by molar-refractivity contribution is 0.209. The molecule has 0 saturated carbocycles. The van der Waals surface area contributed by atoms with E-state index < -0.39 is 0 Å². The van der Waals surface area contributed by atoms with Crippen LogP contribution >= 0.6 is 12.2 Å². The standard InChI is InChI=1S/C12H23N5S/c1-4-6-17-12(14-9-15-17)8-16(10(2)3)7-5-11(13)18/h9-10H,4-8H2,1-3H3,(H2,13,18). The number of aromatic nitrogens is 3. The van der Waals surface area contributed by atoms with Crippen LogP contribution in [0.3, 0.4) is 0 Å². The molecule has 0 unspecified atom stereocenters. The fourth-order valence-electron chi connectivity index (χ4n) is 1.76. The van der Waals surface area contributed by atoms with Crippen LogP contribution in [0.15, 0.2) is 6.33 Å². The molecule has 1 aromatic rings. The smallest absolute Gasteiger partial charge is 0.141 e. The predicted molar refractivity (Wildman–Crippen MR) is 77.3 cm³/mol. The van der Waals surface area contributed by atoms with Crippen LogP contribution in [-0.4, -0.2) is 37.2 Å². The Balaban J connectivity index is 2.64. The van der Waals surface area contributed by atoms with Crippen molar-refractivity contribution in [3.8, 4) is 0 Å². The number of aryl methyl sites for hydroxylation is 1. The van der Waals surface area contributed by atoms with E-state index in [2.05, 4.69) is 35.8 Å². The van der Waals surface area contributed by atoms with Gasteiger partial charge in [-0.1, -0.05) is 19.1 Å². The highest BCUT2D eigenvalue weighted by Crippen LogP contribution is 2.07. The number of nitrogens with zero attached hydrogens (tertiary/aromatic N) is 4. The van der Waals surface area contributed by atoms with Gasteiger partial charge in [0.25, 0.3) is 0 Å². The Labute approximate surface area is 114 Å². The van der Waals surface area contributed by atoms with E-state index in [0.29, 0.717) is 11.0 Å². The summed E-state index contributed by atoms with van der Waals surface area (Å²) in [6.07, 6.45) is 3.43. The molecule has 0 aliphatic heterocycles. The Kier molecular flexibility index (Phi) is 6.21.